The SMILES string of the molecule is COCC(O)CN(C)Cc1c(C)nc2sc(C)cn12. The van der Waals surface area contributed by atoms with Gasteiger partial charge in [0.2, 0.25) is 0 Å². The van der Waals surface area contributed by atoms with Gasteiger partial charge in [-0.05, 0) is 20.9 Å². The van der Waals surface area contributed by atoms with Gasteiger partial charge in [0.1, 0.15) is 0 Å². The molecule has 0 spiro atoms. The summed E-state index contributed by atoms with van der Waals surface area (Å²) in [5.74, 6) is 0. The van der Waals surface area contributed by atoms with Crippen LogP contribution in [0.4, 0.5) is 0 Å². The number of nitrogens with zero attached hydrogens (tertiary/aromatic N) is 3. The number of aryl methyl sites for hydroxylation is 2. The van der Waals surface area contributed by atoms with Crippen LogP contribution < -0.4 is 0 Å². The summed E-state index contributed by atoms with van der Waals surface area (Å²) in [6.07, 6.45) is 1.66. The standard InChI is InChI=1S/C13H21N3O2S/c1-9-5-16-12(10(2)14-13(16)19-9)7-15(3)6-11(17)8-18-4/h5,11,17H,6-8H2,1-4H3. The highest BCUT2D eigenvalue weighted by Gasteiger charge is 2.14. The Hall–Kier alpha value is -0.950. The normalized spacial score (nSPS) is 13.6. The van der Waals surface area contributed by atoms with Crippen LogP contribution in [0, 0.1) is 13.8 Å². The fraction of sp³-hybridized carbons (Fsp3) is 0.615. The number of aromatic nitrogens is 2. The lowest BCUT2D eigenvalue weighted by molar-refractivity contribution is 0.0416. The largest absolute Gasteiger partial charge is 0.389 e. The van der Waals surface area contributed by atoms with Gasteiger partial charge in [0, 0.05) is 31.3 Å². The van der Waals surface area contributed by atoms with Crippen LogP contribution in [0.5, 0.6) is 0 Å². The van der Waals surface area contributed by atoms with Crippen LogP contribution in [0.2, 0.25) is 0 Å². The maximum absolute atomic E-state index is 9.75. The summed E-state index contributed by atoms with van der Waals surface area (Å²) in [4.78, 5) is 8.95. The molecule has 2 aromatic heterocycles. The first kappa shape index (κ1) is 14.5. The van der Waals surface area contributed by atoms with E-state index in [0.717, 1.165) is 17.2 Å². The Balaban J connectivity index is 2.09. The highest BCUT2D eigenvalue weighted by molar-refractivity contribution is 7.17. The molecule has 0 aliphatic heterocycles. The summed E-state index contributed by atoms with van der Waals surface area (Å²) >= 11 is 1.70. The minimum atomic E-state index is -0.456. The second-order valence-corrected chi connectivity index (χ2v) is 6.16. The second kappa shape index (κ2) is 6.00. The molecular formula is C13H21N3O2S. The van der Waals surface area contributed by atoms with Gasteiger partial charge in [0.15, 0.2) is 4.96 Å². The van der Waals surface area contributed by atoms with Gasteiger partial charge >= 0.3 is 0 Å². The summed E-state index contributed by atoms with van der Waals surface area (Å²) in [7, 11) is 3.60. The van der Waals surface area contributed by atoms with E-state index in [1.165, 1.54) is 10.6 Å². The molecule has 6 heteroatoms. The first-order chi connectivity index (χ1) is 9.01. The molecule has 0 aliphatic carbocycles. The Kier molecular flexibility index (Phi) is 4.57. The topological polar surface area (TPSA) is 50.0 Å². The van der Waals surface area contributed by atoms with Crippen molar-refractivity contribution in [2.24, 2.45) is 0 Å². The molecule has 0 saturated carbocycles. The lowest BCUT2D eigenvalue weighted by Crippen LogP contribution is -2.32. The molecule has 0 aliphatic rings. The highest BCUT2D eigenvalue weighted by Crippen LogP contribution is 2.21. The van der Waals surface area contributed by atoms with E-state index in [2.05, 4.69) is 27.4 Å². The third-order valence-corrected chi connectivity index (χ3v) is 3.94. The third-order valence-electron chi connectivity index (χ3n) is 3.04. The Morgan fingerprint density at radius 3 is 2.95 bits per heavy atom. The van der Waals surface area contributed by atoms with Crippen molar-refractivity contribution in [3.05, 3.63) is 22.5 Å². The molecule has 19 heavy (non-hydrogen) atoms. The number of imidazole rings is 1. The molecular weight excluding hydrogens is 262 g/mol. The van der Waals surface area contributed by atoms with Gasteiger partial charge in [0.05, 0.1) is 24.1 Å². The van der Waals surface area contributed by atoms with Crippen molar-refractivity contribution in [1.29, 1.82) is 0 Å². The third kappa shape index (κ3) is 3.33. The molecule has 0 bridgehead atoms. The van der Waals surface area contributed by atoms with Gasteiger partial charge in [-0.3, -0.25) is 9.30 Å². The van der Waals surface area contributed by atoms with E-state index in [0.29, 0.717) is 13.2 Å². The van der Waals surface area contributed by atoms with E-state index in [1.54, 1.807) is 18.4 Å². The summed E-state index contributed by atoms with van der Waals surface area (Å²) < 4.78 is 7.09. The van der Waals surface area contributed by atoms with Gasteiger partial charge < -0.3 is 9.84 Å². The summed E-state index contributed by atoms with van der Waals surface area (Å²) in [6, 6.07) is 0. The number of methoxy groups -OCH3 is 1. The maximum Gasteiger partial charge on any atom is 0.194 e. The number of fused-ring (bicyclic) bond motifs is 1. The molecule has 1 N–H and O–H groups in total. The molecule has 5 nitrogen and oxygen atoms in total. The summed E-state index contributed by atoms with van der Waals surface area (Å²) in [5.41, 5.74) is 2.24. The van der Waals surface area contributed by atoms with E-state index in [1.807, 2.05) is 14.0 Å². The van der Waals surface area contributed by atoms with Crippen molar-refractivity contribution in [3.8, 4) is 0 Å². The molecule has 0 fully saturated rings. The first-order valence-corrected chi connectivity index (χ1v) is 7.12. The fourth-order valence-corrected chi connectivity index (χ4v) is 3.11. The molecule has 106 valence electrons. The van der Waals surface area contributed by atoms with Gasteiger partial charge in [-0.2, -0.15) is 0 Å². The van der Waals surface area contributed by atoms with E-state index in [4.69, 9.17) is 4.74 Å². The zero-order valence-electron chi connectivity index (χ0n) is 11.9. The van der Waals surface area contributed by atoms with Crippen LogP contribution >= 0.6 is 11.3 Å². The van der Waals surface area contributed by atoms with Gasteiger partial charge in [-0.15, -0.1) is 11.3 Å². The number of hydrogen-bond acceptors (Lipinski definition) is 5. The molecule has 0 amide bonds. The second-order valence-electron chi connectivity index (χ2n) is 4.94. The molecule has 2 heterocycles. The number of aliphatic hydroxyl groups is 1. The van der Waals surface area contributed by atoms with Crippen LogP contribution in [0.25, 0.3) is 4.96 Å². The van der Waals surface area contributed by atoms with Crippen LogP contribution in [-0.4, -0.2) is 52.8 Å². The predicted molar refractivity (Wildman–Crippen MR) is 76.8 cm³/mol. The summed E-state index contributed by atoms with van der Waals surface area (Å²) in [6.45, 7) is 5.84. The van der Waals surface area contributed by atoms with E-state index >= 15 is 0 Å². The minimum absolute atomic E-state index is 0.364. The van der Waals surface area contributed by atoms with Crippen LogP contribution in [0.1, 0.15) is 16.3 Å². The quantitative estimate of drug-likeness (QED) is 0.872. The van der Waals surface area contributed by atoms with E-state index in [-0.39, 0.29) is 0 Å². The van der Waals surface area contributed by atoms with Crippen LogP contribution in [-0.2, 0) is 11.3 Å². The number of aliphatic hydroxyl groups excluding tert-OH is 1. The average molecular weight is 283 g/mol. The molecule has 1 atom stereocenters. The van der Waals surface area contributed by atoms with E-state index < -0.39 is 6.10 Å². The van der Waals surface area contributed by atoms with Crippen molar-refractivity contribution >= 4 is 16.3 Å². The van der Waals surface area contributed by atoms with E-state index in [9.17, 15) is 5.11 Å². The fourth-order valence-electron chi connectivity index (χ4n) is 2.22. The molecule has 0 aromatic carbocycles. The van der Waals surface area contributed by atoms with Gasteiger partial charge in [-0.25, -0.2) is 4.98 Å². The predicted octanol–water partition coefficient (Wildman–Crippen LogP) is 1.45. The molecule has 2 aromatic rings. The molecule has 0 saturated heterocycles. The van der Waals surface area contributed by atoms with Gasteiger partial charge in [0.25, 0.3) is 0 Å². The van der Waals surface area contributed by atoms with Crippen molar-refractivity contribution in [2.45, 2.75) is 26.5 Å². The first-order valence-electron chi connectivity index (χ1n) is 6.30. The van der Waals surface area contributed by atoms with Crippen LogP contribution in [0.3, 0.4) is 0 Å². The number of thiazole rings is 1. The monoisotopic (exact) mass is 283 g/mol. The highest BCUT2D eigenvalue weighted by atomic mass is 32.1. The van der Waals surface area contributed by atoms with Crippen molar-refractivity contribution in [1.82, 2.24) is 14.3 Å². The Bertz CT molecular complexity index is 549. The number of hydrogen-bond donors (Lipinski definition) is 1. The summed E-state index contributed by atoms with van der Waals surface area (Å²) in [5, 5.41) is 9.75. The van der Waals surface area contributed by atoms with Crippen molar-refractivity contribution in [2.75, 3.05) is 27.3 Å². The minimum Gasteiger partial charge on any atom is -0.389 e. The van der Waals surface area contributed by atoms with Crippen LogP contribution in [0.15, 0.2) is 6.20 Å². The molecule has 0 radical (unpaired) electrons. The zero-order chi connectivity index (χ0) is 14.0. The maximum atomic E-state index is 9.75. The lowest BCUT2D eigenvalue weighted by atomic mass is 10.3. The Labute approximate surface area is 117 Å². The number of likely N-dealkylation sites (N-methyl/N-ethyl adjacent to an activating group) is 1. The Morgan fingerprint density at radius 1 is 1.53 bits per heavy atom. The number of ether oxygens (including phenoxy) is 1. The Morgan fingerprint density at radius 2 is 2.26 bits per heavy atom. The van der Waals surface area contributed by atoms with Crippen molar-refractivity contribution < 1.29 is 9.84 Å². The molecule has 2 rings (SSSR count). The smallest absolute Gasteiger partial charge is 0.194 e. The molecule has 1 unspecified atom stereocenters. The number of rotatable bonds is 6. The zero-order valence-corrected chi connectivity index (χ0v) is 12.7. The van der Waals surface area contributed by atoms with Crippen molar-refractivity contribution in [3.63, 3.8) is 0 Å². The average Bonchev–Trinajstić information content (AvgIpc) is 2.77. The lowest BCUT2D eigenvalue weighted by Gasteiger charge is -2.20. The van der Waals surface area contributed by atoms with Gasteiger partial charge in [-0.1, -0.05) is 0 Å².